The van der Waals surface area contributed by atoms with Gasteiger partial charge in [0.15, 0.2) is 0 Å². The number of rotatable bonds is 6. The molecule has 3 amide bonds. The summed E-state index contributed by atoms with van der Waals surface area (Å²) in [5, 5.41) is 5.96. The van der Waals surface area contributed by atoms with Gasteiger partial charge in [-0.1, -0.05) is 48.5 Å². The lowest BCUT2D eigenvalue weighted by Crippen LogP contribution is -2.45. The summed E-state index contributed by atoms with van der Waals surface area (Å²) < 4.78 is 5.32. The molecule has 1 heterocycles. The summed E-state index contributed by atoms with van der Waals surface area (Å²) in [6.45, 7) is 7.13. The normalized spacial score (nSPS) is 16.6. The van der Waals surface area contributed by atoms with Crippen molar-refractivity contribution >= 4 is 29.3 Å². The number of ether oxygens (including phenoxy) is 1. The van der Waals surface area contributed by atoms with Crippen LogP contribution in [0.25, 0.3) is 11.1 Å². The fourth-order valence-corrected chi connectivity index (χ4v) is 4.81. The van der Waals surface area contributed by atoms with Crippen LogP contribution in [0.2, 0.25) is 0 Å². The molecule has 0 saturated carbocycles. The van der Waals surface area contributed by atoms with Crippen LogP contribution in [-0.4, -0.2) is 30.1 Å². The summed E-state index contributed by atoms with van der Waals surface area (Å²) in [4.78, 5) is 39.2. The Balaban J connectivity index is 1.61. The number of carbonyl (C=O) groups is 3. The zero-order chi connectivity index (χ0) is 26.5. The molecule has 2 N–H and O–H groups in total. The largest absolute Gasteiger partial charge is 0.447 e. The summed E-state index contributed by atoms with van der Waals surface area (Å²) >= 11 is 0. The first-order valence-corrected chi connectivity index (χ1v) is 12.6. The molecule has 7 nitrogen and oxygen atoms in total. The first-order chi connectivity index (χ1) is 17.7. The van der Waals surface area contributed by atoms with E-state index in [-0.39, 0.29) is 30.0 Å². The Morgan fingerprint density at radius 2 is 1.70 bits per heavy atom. The highest BCUT2D eigenvalue weighted by atomic mass is 16.6. The highest BCUT2D eigenvalue weighted by Gasteiger charge is 2.33. The molecule has 0 unspecified atom stereocenters. The third kappa shape index (κ3) is 6.36. The van der Waals surface area contributed by atoms with Crippen molar-refractivity contribution in [3.05, 3.63) is 83.9 Å². The van der Waals surface area contributed by atoms with E-state index in [1.807, 2.05) is 79.7 Å². The molecule has 0 aromatic heterocycles. The molecule has 2 atom stereocenters. The Labute approximate surface area is 217 Å². The molecule has 0 radical (unpaired) electrons. The molecule has 4 rings (SSSR count). The first kappa shape index (κ1) is 25.9. The van der Waals surface area contributed by atoms with Gasteiger partial charge in [0.05, 0.1) is 18.6 Å². The van der Waals surface area contributed by atoms with E-state index in [0.29, 0.717) is 18.5 Å². The van der Waals surface area contributed by atoms with Gasteiger partial charge in [-0.3, -0.25) is 9.59 Å². The van der Waals surface area contributed by atoms with Crippen LogP contribution >= 0.6 is 0 Å². The van der Waals surface area contributed by atoms with Crippen molar-refractivity contribution in [3.63, 3.8) is 0 Å². The summed E-state index contributed by atoms with van der Waals surface area (Å²) in [5.74, 6) is -0.138. The lowest BCUT2D eigenvalue weighted by molar-refractivity contribution is -0.117. The minimum Gasteiger partial charge on any atom is -0.447 e. The van der Waals surface area contributed by atoms with Crippen molar-refractivity contribution in [1.29, 1.82) is 0 Å². The smallest absolute Gasteiger partial charge is 0.407 e. The van der Waals surface area contributed by atoms with Crippen LogP contribution in [0.5, 0.6) is 0 Å². The topological polar surface area (TPSA) is 87.7 Å². The number of alkyl carbamates (subject to hydrolysis) is 1. The number of nitrogens with one attached hydrogen (secondary N) is 2. The SMILES string of the molecule is CC(=O)N1c2ccc(-c3cccc(NC(=O)Cc4ccccc4)c3)cc2[C@H](NC(=O)OC(C)C)C[C@@H]1C. The van der Waals surface area contributed by atoms with Gasteiger partial charge in [0.1, 0.15) is 0 Å². The average Bonchev–Trinajstić information content (AvgIpc) is 2.83. The Kier molecular flexibility index (Phi) is 7.92. The third-order valence-corrected chi connectivity index (χ3v) is 6.34. The summed E-state index contributed by atoms with van der Waals surface area (Å²) in [7, 11) is 0. The zero-order valence-electron chi connectivity index (χ0n) is 21.7. The second-order valence-corrected chi connectivity index (χ2v) is 9.69. The minimum absolute atomic E-state index is 0.0483. The molecule has 1 aliphatic heterocycles. The molecule has 0 saturated heterocycles. The number of hydrogen-bond acceptors (Lipinski definition) is 4. The van der Waals surface area contributed by atoms with Crippen molar-refractivity contribution in [3.8, 4) is 11.1 Å². The molecule has 7 heteroatoms. The van der Waals surface area contributed by atoms with E-state index >= 15 is 0 Å². The number of amides is 3. The highest BCUT2D eigenvalue weighted by molar-refractivity contribution is 5.95. The van der Waals surface area contributed by atoms with Gasteiger partial charge < -0.3 is 20.3 Å². The second-order valence-electron chi connectivity index (χ2n) is 9.69. The summed E-state index contributed by atoms with van der Waals surface area (Å²) in [5.41, 5.74) is 5.11. The van der Waals surface area contributed by atoms with E-state index in [4.69, 9.17) is 4.74 Å². The van der Waals surface area contributed by atoms with Crippen molar-refractivity contribution in [1.82, 2.24) is 5.32 Å². The van der Waals surface area contributed by atoms with Crippen LogP contribution in [0.4, 0.5) is 16.2 Å². The highest BCUT2D eigenvalue weighted by Crippen LogP contribution is 2.40. The van der Waals surface area contributed by atoms with Crippen LogP contribution in [0.3, 0.4) is 0 Å². The lowest BCUT2D eigenvalue weighted by atomic mass is 9.89. The van der Waals surface area contributed by atoms with Gasteiger partial charge in [0, 0.05) is 24.3 Å². The Bertz CT molecular complexity index is 1290. The number of carbonyl (C=O) groups excluding carboxylic acids is 3. The number of anilines is 2. The van der Waals surface area contributed by atoms with E-state index in [1.165, 1.54) is 0 Å². The van der Waals surface area contributed by atoms with Crippen LogP contribution < -0.4 is 15.5 Å². The zero-order valence-corrected chi connectivity index (χ0v) is 21.7. The maximum atomic E-state index is 12.6. The molecule has 0 fully saturated rings. The fourth-order valence-electron chi connectivity index (χ4n) is 4.81. The minimum atomic E-state index is -0.483. The van der Waals surface area contributed by atoms with Crippen molar-refractivity contribution in [2.24, 2.45) is 0 Å². The molecule has 37 heavy (non-hydrogen) atoms. The van der Waals surface area contributed by atoms with E-state index in [0.717, 1.165) is 27.9 Å². The lowest BCUT2D eigenvalue weighted by Gasteiger charge is -2.39. The van der Waals surface area contributed by atoms with Gasteiger partial charge in [-0.25, -0.2) is 4.79 Å². The van der Waals surface area contributed by atoms with E-state index in [1.54, 1.807) is 25.7 Å². The average molecular weight is 500 g/mol. The van der Waals surface area contributed by atoms with Crippen molar-refractivity contribution in [2.75, 3.05) is 10.2 Å². The van der Waals surface area contributed by atoms with Gasteiger partial charge in [-0.15, -0.1) is 0 Å². The van der Waals surface area contributed by atoms with Gasteiger partial charge in [-0.2, -0.15) is 0 Å². The van der Waals surface area contributed by atoms with Crippen molar-refractivity contribution in [2.45, 2.75) is 58.7 Å². The van der Waals surface area contributed by atoms with Gasteiger partial charge in [0.25, 0.3) is 0 Å². The second kappa shape index (κ2) is 11.3. The Hall–Kier alpha value is -4.13. The molecular weight excluding hydrogens is 466 g/mol. The number of hydrogen-bond donors (Lipinski definition) is 2. The van der Waals surface area contributed by atoms with Gasteiger partial charge in [0.2, 0.25) is 11.8 Å². The van der Waals surface area contributed by atoms with E-state index in [9.17, 15) is 14.4 Å². The van der Waals surface area contributed by atoms with Crippen molar-refractivity contribution < 1.29 is 19.1 Å². The third-order valence-electron chi connectivity index (χ3n) is 6.34. The Morgan fingerprint density at radius 1 is 0.973 bits per heavy atom. The molecule has 1 aliphatic rings. The predicted octanol–water partition coefficient (Wildman–Crippen LogP) is 5.86. The number of nitrogens with zero attached hydrogens (tertiary/aromatic N) is 1. The molecule has 0 bridgehead atoms. The maximum absolute atomic E-state index is 12.6. The fraction of sp³-hybridized carbons (Fsp3) is 0.300. The summed E-state index contributed by atoms with van der Waals surface area (Å²) in [6.07, 6.45) is 0.144. The summed E-state index contributed by atoms with van der Waals surface area (Å²) in [6, 6.07) is 22.8. The maximum Gasteiger partial charge on any atom is 0.407 e. The van der Waals surface area contributed by atoms with E-state index < -0.39 is 6.09 Å². The number of fused-ring (bicyclic) bond motifs is 1. The molecule has 0 spiro atoms. The molecular formula is C30H33N3O4. The van der Waals surface area contributed by atoms with Crippen LogP contribution in [0, 0.1) is 0 Å². The monoisotopic (exact) mass is 499 g/mol. The predicted molar refractivity (Wildman–Crippen MR) is 145 cm³/mol. The molecule has 3 aromatic carbocycles. The van der Waals surface area contributed by atoms with Gasteiger partial charge in [-0.05, 0) is 73.7 Å². The molecule has 0 aliphatic carbocycles. The quantitative estimate of drug-likeness (QED) is 0.445. The number of benzene rings is 3. The van der Waals surface area contributed by atoms with Crippen LogP contribution in [0.1, 0.15) is 51.3 Å². The molecule has 192 valence electrons. The molecule has 3 aromatic rings. The van der Waals surface area contributed by atoms with Crippen LogP contribution in [-0.2, 0) is 20.7 Å². The van der Waals surface area contributed by atoms with Gasteiger partial charge >= 0.3 is 6.09 Å². The van der Waals surface area contributed by atoms with Crippen LogP contribution in [0.15, 0.2) is 72.8 Å². The van der Waals surface area contributed by atoms with E-state index in [2.05, 4.69) is 10.6 Å². The first-order valence-electron chi connectivity index (χ1n) is 12.6. The standard InChI is InChI=1S/C30H33N3O4/c1-19(2)37-30(36)32-27-15-20(3)33(21(4)34)28-14-13-24(18-26(27)28)23-11-8-12-25(17-23)31-29(35)16-22-9-6-5-7-10-22/h5-14,17-20,27H,15-16H2,1-4H3,(H,31,35)(H,32,36)/t20-,27+/m0/s1. The Morgan fingerprint density at radius 3 is 2.41 bits per heavy atom.